The molecule has 2 atom stereocenters. The van der Waals surface area contributed by atoms with Crippen molar-refractivity contribution >= 4 is 16.9 Å². The highest BCUT2D eigenvalue weighted by molar-refractivity contribution is 5.77. The Morgan fingerprint density at radius 2 is 1.83 bits per heavy atom. The summed E-state index contributed by atoms with van der Waals surface area (Å²) in [5.74, 6) is 2.39. The summed E-state index contributed by atoms with van der Waals surface area (Å²) in [5.41, 5.74) is 3.39. The molecule has 30 heavy (non-hydrogen) atoms. The van der Waals surface area contributed by atoms with Crippen LogP contribution in [-0.2, 0) is 11.3 Å². The van der Waals surface area contributed by atoms with Gasteiger partial charge in [0.2, 0.25) is 5.91 Å². The second-order valence-electron chi connectivity index (χ2n) is 7.83. The molecule has 0 fully saturated rings. The molecule has 0 aliphatic carbocycles. The minimum atomic E-state index is -0.140. The van der Waals surface area contributed by atoms with E-state index < -0.39 is 0 Å². The Morgan fingerprint density at radius 1 is 1.10 bits per heavy atom. The maximum atomic E-state index is 11.9. The number of benzene rings is 2. The van der Waals surface area contributed by atoms with Gasteiger partial charge in [-0.3, -0.25) is 4.79 Å². The summed E-state index contributed by atoms with van der Waals surface area (Å²) in [4.78, 5) is 16.6. The molecule has 0 aliphatic heterocycles. The van der Waals surface area contributed by atoms with Gasteiger partial charge in [0.1, 0.15) is 11.6 Å². The minimum absolute atomic E-state index is 0.0327. The first-order chi connectivity index (χ1) is 14.5. The fraction of sp³-hybridized carbons (Fsp3) is 0.440. The van der Waals surface area contributed by atoms with E-state index in [9.17, 15) is 4.79 Å². The molecule has 160 valence electrons. The lowest BCUT2D eigenvalue weighted by atomic mass is 9.99. The molecule has 0 radical (unpaired) electrons. The third kappa shape index (κ3) is 5.21. The first-order valence-corrected chi connectivity index (χ1v) is 11.0. The van der Waals surface area contributed by atoms with Crippen molar-refractivity contribution in [2.24, 2.45) is 0 Å². The Hall–Kier alpha value is -2.82. The number of hydrogen-bond donors (Lipinski definition) is 1. The summed E-state index contributed by atoms with van der Waals surface area (Å²) in [6.45, 7) is 9.71. The zero-order valence-corrected chi connectivity index (χ0v) is 18.5. The van der Waals surface area contributed by atoms with E-state index >= 15 is 0 Å². The SMILES string of the molecule is CCC(=O)NC(C)c1nc2ccccc2n1CCCOc1ccc(C(C)CC)cc1. The largest absolute Gasteiger partial charge is 0.494 e. The van der Waals surface area contributed by atoms with Gasteiger partial charge in [-0.15, -0.1) is 0 Å². The average Bonchev–Trinajstić information content (AvgIpc) is 3.15. The molecular weight excluding hydrogens is 374 g/mol. The summed E-state index contributed by atoms with van der Waals surface area (Å²) >= 11 is 0. The zero-order valence-electron chi connectivity index (χ0n) is 18.5. The summed E-state index contributed by atoms with van der Waals surface area (Å²) in [6, 6.07) is 16.4. The van der Waals surface area contributed by atoms with Crippen LogP contribution in [0.15, 0.2) is 48.5 Å². The fourth-order valence-corrected chi connectivity index (χ4v) is 3.61. The van der Waals surface area contributed by atoms with E-state index in [1.165, 1.54) is 5.56 Å². The van der Waals surface area contributed by atoms with Crippen LogP contribution in [0.5, 0.6) is 5.75 Å². The number of ether oxygens (including phenoxy) is 1. The first-order valence-electron chi connectivity index (χ1n) is 11.0. The van der Waals surface area contributed by atoms with Crippen molar-refractivity contribution in [1.82, 2.24) is 14.9 Å². The smallest absolute Gasteiger partial charge is 0.220 e. The summed E-state index contributed by atoms with van der Waals surface area (Å²) in [7, 11) is 0. The number of imidazole rings is 1. The second kappa shape index (κ2) is 10.3. The lowest BCUT2D eigenvalue weighted by Crippen LogP contribution is -2.28. The van der Waals surface area contributed by atoms with Crippen molar-refractivity contribution in [1.29, 1.82) is 0 Å². The van der Waals surface area contributed by atoms with Gasteiger partial charge in [0, 0.05) is 13.0 Å². The lowest BCUT2D eigenvalue weighted by Gasteiger charge is -2.16. The highest BCUT2D eigenvalue weighted by Crippen LogP contribution is 2.23. The molecule has 0 saturated heterocycles. The third-order valence-electron chi connectivity index (χ3n) is 5.63. The molecule has 1 N–H and O–H groups in total. The zero-order chi connectivity index (χ0) is 21.5. The van der Waals surface area contributed by atoms with Crippen LogP contribution >= 0.6 is 0 Å². The Balaban J connectivity index is 1.65. The molecule has 5 heteroatoms. The number of fused-ring (bicyclic) bond motifs is 1. The van der Waals surface area contributed by atoms with Crippen molar-refractivity contribution in [2.45, 2.75) is 65.5 Å². The monoisotopic (exact) mass is 407 g/mol. The molecule has 1 amide bonds. The summed E-state index contributed by atoms with van der Waals surface area (Å²) in [5, 5.41) is 3.03. The fourth-order valence-electron chi connectivity index (χ4n) is 3.61. The molecule has 5 nitrogen and oxygen atoms in total. The summed E-state index contributed by atoms with van der Waals surface area (Å²) < 4.78 is 8.16. The van der Waals surface area contributed by atoms with Crippen molar-refractivity contribution in [2.75, 3.05) is 6.61 Å². The summed E-state index contributed by atoms with van der Waals surface area (Å²) in [6.07, 6.45) is 2.46. The van der Waals surface area contributed by atoms with Gasteiger partial charge in [-0.25, -0.2) is 4.98 Å². The number of nitrogens with one attached hydrogen (secondary N) is 1. The van der Waals surface area contributed by atoms with Crippen LogP contribution in [0.2, 0.25) is 0 Å². The number of para-hydroxylation sites is 2. The van der Waals surface area contributed by atoms with Crippen molar-refractivity contribution in [3.63, 3.8) is 0 Å². The molecule has 2 unspecified atom stereocenters. The van der Waals surface area contributed by atoms with Crippen LogP contribution in [0, 0.1) is 0 Å². The van der Waals surface area contributed by atoms with Gasteiger partial charge in [0.25, 0.3) is 0 Å². The van der Waals surface area contributed by atoms with Gasteiger partial charge in [-0.2, -0.15) is 0 Å². The van der Waals surface area contributed by atoms with Crippen LogP contribution < -0.4 is 10.1 Å². The number of aromatic nitrogens is 2. The standard InChI is InChI=1S/C25H33N3O2/c1-5-18(3)20-12-14-21(15-13-20)30-17-9-16-28-23-11-8-7-10-22(23)27-25(28)19(4)26-24(29)6-2/h7-8,10-15,18-19H,5-6,9,16-17H2,1-4H3,(H,26,29). The lowest BCUT2D eigenvalue weighted by molar-refractivity contribution is -0.121. The molecule has 0 aliphatic rings. The molecule has 3 aromatic rings. The number of aryl methyl sites for hydroxylation is 1. The number of carbonyl (C=O) groups is 1. The quantitative estimate of drug-likeness (QED) is 0.445. The molecule has 1 aromatic heterocycles. The number of rotatable bonds is 10. The van der Waals surface area contributed by atoms with Gasteiger partial charge >= 0.3 is 0 Å². The van der Waals surface area contributed by atoms with Crippen LogP contribution in [0.3, 0.4) is 0 Å². The van der Waals surface area contributed by atoms with E-state index in [2.05, 4.69) is 54.1 Å². The topological polar surface area (TPSA) is 56.2 Å². The Morgan fingerprint density at radius 3 is 2.53 bits per heavy atom. The Bertz CT molecular complexity index is 962. The van der Waals surface area contributed by atoms with E-state index in [0.717, 1.165) is 42.0 Å². The van der Waals surface area contributed by atoms with Crippen molar-refractivity contribution in [3.05, 3.63) is 59.9 Å². The first kappa shape index (κ1) is 21.9. The molecule has 0 bridgehead atoms. The van der Waals surface area contributed by atoms with Crippen LogP contribution in [0.4, 0.5) is 0 Å². The van der Waals surface area contributed by atoms with Crippen LogP contribution in [0.25, 0.3) is 11.0 Å². The van der Waals surface area contributed by atoms with Gasteiger partial charge in [-0.1, -0.05) is 45.0 Å². The maximum Gasteiger partial charge on any atom is 0.220 e. The van der Waals surface area contributed by atoms with E-state index in [1.807, 2.05) is 32.0 Å². The minimum Gasteiger partial charge on any atom is -0.494 e. The number of carbonyl (C=O) groups excluding carboxylic acids is 1. The predicted molar refractivity (Wildman–Crippen MR) is 122 cm³/mol. The number of hydrogen-bond acceptors (Lipinski definition) is 3. The molecule has 0 spiro atoms. The third-order valence-corrected chi connectivity index (χ3v) is 5.63. The predicted octanol–water partition coefficient (Wildman–Crippen LogP) is 5.61. The maximum absolute atomic E-state index is 11.9. The highest BCUT2D eigenvalue weighted by atomic mass is 16.5. The van der Waals surface area contributed by atoms with Gasteiger partial charge in [0.05, 0.1) is 23.7 Å². The molecule has 2 aromatic carbocycles. The molecular formula is C25H33N3O2. The van der Waals surface area contributed by atoms with Gasteiger partial charge in [-0.05, 0) is 55.5 Å². The highest BCUT2D eigenvalue weighted by Gasteiger charge is 2.17. The van der Waals surface area contributed by atoms with E-state index in [1.54, 1.807) is 0 Å². The molecule has 1 heterocycles. The second-order valence-corrected chi connectivity index (χ2v) is 7.83. The molecule has 0 saturated carbocycles. The Kier molecular flexibility index (Phi) is 7.50. The van der Waals surface area contributed by atoms with Crippen LogP contribution in [-0.4, -0.2) is 22.1 Å². The molecule has 3 rings (SSSR count). The van der Waals surface area contributed by atoms with E-state index in [0.29, 0.717) is 18.9 Å². The van der Waals surface area contributed by atoms with Gasteiger partial charge in [0.15, 0.2) is 0 Å². The number of nitrogens with zero attached hydrogens (tertiary/aromatic N) is 2. The average molecular weight is 408 g/mol. The van der Waals surface area contributed by atoms with Crippen LogP contribution in [0.1, 0.15) is 70.3 Å². The van der Waals surface area contributed by atoms with Crippen molar-refractivity contribution < 1.29 is 9.53 Å². The number of amides is 1. The Labute approximate surface area is 179 Å². The van der Waals surface area contributed by atoms with E-state index in [-0.39, 0.29) is 11.9 Å². The van der Waals surface area contributed by atoms with E-state index in [4.69, 9.17) is 9.72 Å². The van der Waals surface area contributed by atoms with Gasteiger partial charge < -0.3 is 14.6 Å². The normalized spacial score (nSPS) is 13.2. The van der Waals surface area contributed by atoms with Crippen molar-refractivity contribution in [3.8, 4) is 5.75 Å².